The number of hydrogen-bond donors (Lipinski definition) is 1. The third-order valence-electron chi connectivity index (χ3n) is 7.35. The summed E-state index contributed by atoms with van der Waals surface area (Å²) in [6, 6.07) is 12.4. The molecule has 0 atom stereocenters. The van der Waals surface area contributed by atoms with E-state index in [9.17, 15) is 14.7 Å². The molecule has 4 aromatic rings. The summed E-state index contributed by atoms with van der Waals surface area (Å²) >= 11 is 0. The minimum Gasteiger partial charge on any atom is -0.465 e. The van der Waals surface area contributed by atoms with Gasteiger partial charge < -0.3 is 24.4 Å². The van der Waals surface area contributed by atoms with Crippen LogP contribution in [0.5, 0.6) is 0 Å². The summed E-state index contributed by atoms with van der Waals surface area (Å²) in [7, 11) is 1.99. The maximum absolute atomic E-state index is 12.1. The molecule has 6 rings (SSSR count). The molecule has 0 radical (unpaired) electrons. The van der Waals surface area contributed by atoms with Gasteiger partial charge in [-0.3, -0.25) is 9.78 Å². The highest BCUT2D eigenvalue weighted by Gasteiger charge is 2.23. The Hall–Kier alpha value is -4.40. The van der Waals surface area contributed by atoms with Crippen LogP contribution < -0.4 is 9.80 Å². The first-order valence-electron chi connectivity index (χ1n) is 12.5. The summed E-state index contributed by atoms with van der Waals surface area (Å²) in [6.45, 7) is 3.01. The van der Waals surface area contributed by atoms with E-state index in [0.717, 1.165) is 57.6 Å². The zero-order valence-corrected chi connectivity index (χ0v) is 20.7. The van der Waals surface area contributed by atoms with Crippen LogP contribution in [-0.4, -0.2) is 69.3 Å². The molecule has 2 saturated heterocycles. The Morgan fingerprint density at radius 3 is 2.35 bits per heavy atom. The Labute approximate surface area is 214 Å². The van der Waals surface area contributed by atoms with Crippen molar-refractivity contribution >= 4 is 34.4 Å². The molecular formula is C28H28N6O3. The number of hydrogen-bond acceptors (Lipinski definition) is 5. The highest BCUT2D eigenvalue weighted by molar-refractivity contribution is 5.97. The molecule has 1 N–H and O–H groups in total. The molecule has 9 heteroatoms. The quantitative estimate of drug-likeness (QED) is 0.454. The Balaban J connectivity index is 1.30. The Morgan fingerprint density at radius 1 is 0.892 bits per heavy atom. The van der Waals surface area contributed by atoms with Gasteiger partial charge in [0.15, 0.2) is 0 Å². The van der Waals surface area contributed by atoms with Gasteiger partial charge in [-0.2, -0.15) is 0 Å². The van der Waals surface area contributed by atoms with Crippen LogP contribution in [-0.2, 0) is 11.8 Å². The summed E-state index contributed by atoms with van der Waals surface area (Å²) in [5.41, 5.74) is 6.89. The van der Waals surface area contributed by atoms with Crippen LogP contribution in [0.4, 0.5) is 16.2 Å². The average Bonchev–Trinajstić information content (AvgIpc) is 3.51. The van der Waals surface area contributed by atoms with E-state index < -0.39 is 6.09 Å². The summed E-state index contributed by atoms with van der Waals surface area (Å²) in [4.78, 5) is 38.1. The van der Waals surface area contributed by atoms with E-state index in [4.69, 9.17) is 4.98 Å². The molecule has 0 spiro atoms. The van der Waals surface area contributed by atoms with Crippen LogP contribution in [0.15, 0.2) is 61.2 Å². The molecule has 9 nitrogen and oxygen atoms in total. The van der Waals surface area contributed by atoms with E-state index in [0.29, 0.717) is 32.6 Å². The van der Waals surface area contributed by atoms with Crippen molar-refractivity contribution in [3.8, 4) is 22.3 Å². The normalized spacial score (nSPS) is 16.1. The van der Waals surface area contributed by atoms with Gasteiger partial charge in [-0.1, -0.05) is 12.1 Å². The van der Waals surface area contributed by atoms with Gasteiger partial charge in [0, 0.05) is 92.5 Å². The van der Waals surface area contributed by atoms with Crippen molar-refractivity contribution in [1.29, 1.82) is 0 Å². The lowest BCUT2D eigenvalue weighted by Gasteiger charge is -2.34. The molecule has 5 heterocycles. The van der Waals surface area contributed by atoms with Crippen molar-refractivity contribution in [2.24, 2.45) is 7.05 Å². The van der Waals surface area contributed by atoms with Crippen LogP contribution in [0.25, 0.3) is 33.3 Å². The van der Waals surface area contributed by atoms with Gasteiger partial charge in [0.05, 0.1) is 11.9 Å². The number of carbonyl (C=O) groups excluding carboxylic acids is 1. The van der Waals surface area contributed by atoms with Crippen LogP contribution in [0.2, 0.25) is 0 Å². The van der Waals surface area contributed by atoms with Crippen LogP contribution in [0, 0.1) is 0 Å². The topological polar surface area (TPSA) is 94.8 Å². The molecule has 1 aromatic carbocycles. The third-order valence-corrected chi connectivity index (χ3v) is 7.35. The Morgan fingerprint density at radius 2 is 1.65 bits per heavy atom. The van der Waals surface area contributed by atoms with Gasteiger partial charge in [0.25, 0.3) is 0 Å². The number of anilines is 2. The van der Waals surface area contributed by atoms with Crippen molar-refractivity contribution in [2.75, 3.05) is 42.5 Å². The SMILES string of the molecule is Cn1cc(-c2cncc(-c3ccc(N4CCCC4=O)cc3)c2)c2cc(N3CCN(C(=O)O)CC3)cnc21. The highest BCUT2D eigenvalue weighted by atomic mass is 16.4. The fraction of sp³-hybridized carbons (Fsp3) is 0.286. The van der Waals surface area contributed by atoms with Crippen molar-refractivity contribution in [3.05, 3.63) is 61.2 Å². The third kappa shape index (κ3) is 4.26. The number of benzene rings is 1. The van der Waals surface area contributed by atoms with Crippen molar-refractivity contribution in [2.45, 2.75) is 12.8 Å². The standard InChI is InChI=1S/C28H28N6O3/c1-31-18-25(24-14-23(17-30-27(24)31)32-9-11-33(12-10-32)28(36)37)21-13-20(15-29-16-21)19-4-6-22(7-5-19)34-8-2-3-26(34)35/h4-7,13-18H,2-3,8-12H2,1H3,(H,36,37). The first-order valence-corrected chi connectivity index (χ1v) is 12.5. The summed E-state index contributed by atoms with van der Waals surface area (Å²) < 4.78 is 2.02. The van der Waals surface area contributed by atoms with Gasteiger partial charge >= 0.3 is 6.09 Å². The number of piperazine rings is 1. The lowest BCUT2D eigenvalue weighted by Crippen LogP contribution is -2.48. The monoisotopic (exact) mass is 496 g/mol. The molecule has 0 saturated carbocycles. The first kappa shape index (κ1) is 23.0. The number of carboxylic acid groups (broad SMARTS) is 1. The predicted octanol–water partition coefficient (Wildman–Crippen LogP) is 4.23. The van der Waals surface area contributed by atoms with E-state index in [1.165, 1.54) is 4.90 Å². The van der Waals surface area contributed by atoms with Crippen molar-refractivity contribution < 1.29 is 14.7 Å². The zero-order valence-electron chi connectivity index (χ0n) is 20.7. The van der Waals surface area contributed by atoms with Crippen LogP contribution >= 0.6 is 0 Å². The van der Waals surface area contributed by atoms with E-state index in [1.807, 2.05) is 59.4 Å². The maximum Gasteiger partial charge on any atom is 0.407 e. The summed E-state index contributed by atoms with van der Waals surface area (Å²) in [6.07, 6.45) is 8.33. The van der Waals surface area contributed by atoms with Crippen LogP contribution in [0.1, 0.15) is 12.8 Å². The Bertz CT molecular complexity index is 1490. The number of pyridine rings is 2. The molecule has 0 bridgehead atoms. The second-order valence-corrected chi connectivity index (χ2v) is 9.63. The number of nitrogens with zero attached hydrogens (tertiary/aromatic N) is 6. The molecule has 2 amide bonds. The smallest absolute Gasteiger partial charge is 0.407 e. The number of amides is 2. The van der Waals surface area contributed by atoms with Gasteiger partial charge in [-0.15, -0.1) is 0 Å². The fourth-order valence-electron chi connectivity index (χ4n) is 5.31. The molecular weight excluding hydrogens is 468 g/mol. The zero-order chi connectivity index (χ0) is 25.5. The molecule has 2 aliphatic heterocycles. The summed E-state index contributed by atoms with van der Waals surface area (Å²) in [5.74, 6) is 0.184. The van der Waals surface area contributed by atoms with Crippen molar-refractivity contribution in [3.63, 3.8) is 0 Å². The molecule has 2 fully saturated rings. The number of aryl methyl sites for hydroxylation is 1. The van der Waals surface area contributed by atoms with Crippen molar-refractivity contribution in [1.82, 2.24) is 19.4 Å². The van der Waals surface area contributed by atoms with E-state index in [2.05, 4.69) is 28.2 Å². The largest absolute Gasteiger partial charge is 0.465 e. The molecule has 37 heavy (non-hydrogen) atoms. The minimum atomic E-state index is -0.870. The fourth-order valence-corrected chi connectivity index (χ4v) is 5.31. The number of fused-ring (bicyclic) bond motifs is 1. The Kier molecular flexibility index (Phi) is 5.75. The van der Waals surface area contributed by atoms with E-state index in [1.54, 1.807) is 0 Å². The molecule has 0 aliphatic carbocycles. The van der Waals surface area contributed by atoms with Gasteiger partial charge in [-0.05, 0) is 36.2 Å². The highest BCUT2D eigenvalue weighted by Crippen LogP contribution is 2.34. The molecule has 2 aliphatic rings. The number of aromatic nitrogens is 3. The van der Waals surface area contributed by atoms with Crippen LogP contribution in [0.3, 0.4) is 0 Å². The predicted molar refractivity (Wildman–Crippen MR) is 143 cm³/mol. The second kappa shape index (κ2) is 9.24. The molecule has 0 unspecified atom stereocenters. The first-order chi connectivity index (χ1) is 18.0. The second-order valence-electron chi connectivity index (χ2n) is 9.63. The lowest BCUT2D eigenvalue weighted by atomic mass is 10.0. The maximum atomic E-state index is 12.1. The number of carbonyl (C=O) groups is 2. The van der Waals surface area contributed by atoms with E-state index >= 15 is 0 Å². The molecule has 3 aromatic heterocycles. The molecule has 188 valence electrons. The average molecular weight is 497 g/mol. The summed E-state index contributed by atoms with van der Waals surface area (Å²) in [5, 5.41) is 10.3. The minimum absolute atomic E-state index is 0.184. The lowest BCUT2D eigenvalue weighted by molar-refractivity contribution is -0.117. The van der Waals surface area contributed by atoms with Gasteiger partial charge in [0.2, 0.25) is 5.91 Å². The number of rotatable bonds is 4. The van der Waals surface area contributed by atoms with Gasteiger partial charge in [0.1, 0.15) is 5.65 Å². The van der Waals surface area contributed by atoms with Gasteiger partial charge in [-0.25, -0.2) is 9.78 Å². The van der Waals surface area contributed by atoms with E-state index in [-0.39, 0.29) is 5.91 Å².